The molecule has 1 N–H and O–H groups in total. The standard InChI is InChI=1S/C16H18FNOS/c1-11(18-2)12-7-6-8-13(17)16(12)20-15-10-5-4-9-14(15)19-3/h4-11,18H,1-3H3. The summed E-state index contributed by atoms with van der Waals surface area (Å²) in [6.45, 7) is 2.01. The van der Waals surface area contributed by atoms with E-state index in [0.717, 1.165) is 16.2 Å². The Morgan fingerprint density at radius 3 is 2.60 bits per heavy atom. The van der Waals surface area contributed by atoms with Gasteiger partial charge in [-0.25, -0.2) is 4.39 Å². The number of hydrogen-bond acceptors (Lipinski definition) is 3. The van der Waals surface area contributed by atoms with Crippen molar-refractivity contribution in [2.24, 2.45) is 0 Å². The van der Waals surface area contributed by atoms with Crippen molar-refractivity contribution in [1.29, 1.82) is 0 Å². The maximum absolute atomic E-state index is 14.2. The summed E-state index contributed by atoms with van der Waals surface area (Å²) in [6.07, 6.45) is 0. The lowest BCUT2D eigenvalue weighted by Gasteiger charge is -2.17. The minimum atomic E-state index is -0.208. The molecule has 0 spiro atoms. The van der Waals surface area contributed by atoms with E-state index in [-0.39, 0.29) is 11.9 Å². The third-order valence-corrected chi connectivity index (χ3v) is 4.37. The van der Waals surface area contributed by atoms with Crippen molar-refractivity contribution in [2.75, 3.05) is 14.2 Å². The Hall–Kier alpha value is -1.52. The molecule has 0 amide bonds. The number of benzene rings is 2. The fraction of sp³-hybridized carbons (Fsp3) is 0.250. The first kappa shape index (κ1) is 14.9. The molecule has 0 heterocycles. The van der Waals surface area contributed by atoms with Gasteiger partial charge in [-0.05, 0) is 37.7 Å². The van der Waals surface area contributed by atoms with Crippen LogP contribution < -0.4 is 10.1 Å². The van der Waals surface area contributed by atoms with Crippen LogP contribution in [0.25, 0.3) is 0 Å². The normalized spacial score (nSPS) is 12.2. The maximum atomic E-state index is 14.2. The molecule has 106 valence electrons. The summed E-state index contributed by atoms with van der Waals surface area (Å²) in [5.74, 6) is 0.546. The van der Waals surface area contributed by atoms with Crippen molar-refractivity contribution in [2.45, 2.75) is 22.8 Å². The Morgan fingerprint density at radius 1 is 1.15 bits per heavy atom. The molecule has 4 heteroatoms. The van der Waals surface area contributed by atoms with E-state index in [2.05, 4.69) is 5.32 Å². The number of rotatable bonds is 5. The van der Waals surface area contributed by atoms with Gasteiger partial charge in [0.05, 0.1) is 16.9 Å². The molecular formula is C16H18FNOS. The molecule has 0 aliphatic carbocycles. The summed E-state index contributed by atoms with van der Waals surface area (Å²) in [7, 11) is 3.49. The van der Waals surface area contributed by atoms with Gasteiger partial charge in [0.2, 0.25) is 0 Å². The predicted molar refractivity (Wildman–Crippen MR) is 81.0 cm³/mol. The highest BCUT2D eigenvalue weighted by molar-refractivity contribution is 7.99. The first-order valence-electron chi connectivity index (χ1n) is 6.44. The van der Waals surface area contributed by atoms with Crippen LogP contribution in [0.15, 0.2) is 52.3 Å². The average molecular weight is 291 g/mol. The van der Waals surface area contributed by atoms with Crippen molar-refractivity contribution in [3.63, 3.8) is 0 Å². The summed E-state index contributed by atoms with van der Waals surface area (Å²) in [4.78, 5) is 1.54. The summed E-state index contributed by atoms with van der Waals surface area (Å²) >= 11 is 1.40. The lowest BCUT2D eigenvalue weighted by molar-refractivity contribution is 0.405. The van der Waals surface area contributed by atoms with Crippen LogP contribution in [0, 0.1) is 5.82 Å². The van der Waals surface area contributed by atoms with Gasteiger partial charge in [0.25, 0.3) is 0 Å². The van der Waals surface area contributed by atoms with E-state index in [1.165, 1.54) is 17.8 Å². The first-order chi connectivity index (χ1) is 9.67. The molecule has 0 aliphatic rings. The molecule has 20 heavy (non-hydrogen) atoms. The highest BCUT2D eigenvalue weighted by Crippen LogP contribution is 2.39. The molecule has 1 unspecified atom stereocenters. The van der Waals surface area contributed by atoms with Gasteiger partial charge >= 0.3 is 0 Å². The monoisotopic (exact) mass is 291 g/mol. The van der Waals surface area contributed by atoms with Crippen LogP contribution in [0.1, 0.15) is 18.5 Å². The Balaban J connectivity index is 2.42. The second-order valence-corrected chi connectivity index (χ2v) is 5.47. The SMILES string of the molecule is CNC(C)c1cccc(F)c1Sc1ccccc1OC. The Labute approximate surface area is 123 Å². The van der Waals surface area contributed by atoms with Gasteiger partial charge in [-0.1, -0.05) is 36.0 Å². The summed E-state index contributed by atoms with van der Waals surface area (Å²) in [6, 6.07) is 12.9. The largest absolute Gasteiger partial charge is 0.496 e. The topological polar surface area (TPSA) is 21.3 Å². The van der Waals surface area contributed by atoms with Crippen LogP contribution in [0.4, 0.5) is 4.39 Å². The van der Waals surface area contributed by atoms with E-state index in [0.29, 0.717) is 4.90 Å². The van der Waals surface area contributed by atoms with Crippen LogP contribution in [0.5, 0.6) is 5.75 Å². The number of ether oxygens (including phenoxy) is 1. The van der Waals surface area contributed by atoms with E-state index in [1.54, 1.807) is 13.2 Å². The zero-order chi connectivity index (χ0) is 14.5. The quantitative estimate of drug-likeness (QED) is 0.889. The van der Waals surface area contributed by atoms with E-state index in [9.17, 15) is 4.39 Å². The zero-order valence-electron chi connectivity index (χ0n) is 11.8. The van der Waals surface area contributed by atoms with Crippen molar-refractivity contribution < 1.29 is 9.13 Å². The van der Waals surface area contributed by atoms with Crippen LogP contribution in [0.2, 0.25) is 0 Å². The fourth-order valence-corrected chi connectivity index (χ4v) is 3.09. The molecule has 0 fully saturated rings. The Morgan fingerprint density at radius 2 is 1.90 bits per heavy atom. The molecular weight excluding hydrogens is 273 g/mol. The van der Waals surface area contributed by atoms with Gasteiger partial charge in [0.15, 0.2) is 0 Å². The minimum absolute atomic E-state index is 0.0860. The molecule has 2 aromatic rings. The smallest absolute Gasteiger partial charge is 0.137 e. The van der Waals surface area contributed by atoms with Crippen molar-refractivity contribution in [3.8, 4) is 5.75 Å². The van der Waals surface area contributed by atoms with Gasteiger partial charge in [-0.2, -0.15) is 0 Å². The van der Waals surface area contributed by atoms with Gasteiger partial charge < -0.3 is 10.1 Å². The number of halogens is 1. The van der Waals surface area contributed by atoms with Crippen molar-refractivity contribution in [1.82, 2.24) is 5.32 Å². The van der Waals surface area contributed by atoms with E-state index in [4.69, 9.17) is 4.74 Å². The third kappa shape index (κ3) is 3.14. The number of nitrogens with one attached hydrogen (secondary N) is 1. The Bertz CT molecular complexity index is 588. The van der Waals surface area contributed by atoms with Gasteiger partial charge in [0.1, 0.15) is 11.6 Å². The number of para-hydroxylation sites is 1. The maximum Gasteiger partial charge on any atom is 0.137 e. The van der Waals surface area contributed by atoms with Crippen LogP contribution in [-0.4, -0.2) is 14.2 Å². The zero-order valence-corrected chi connectivity index (χ0v) is 12.6. The van der Waals surface area contributed by atoms with Gasteiger partial charge in [0, 0.05) is 6.04 Å². The van der Waals surface area contributed by atoms with Gasteiger partial charge in [-0.3, -0.25) is 0 Å². The average Bonchev–Trinajstić information content (AvgIpc) is 2.49. The first-order valence-corrected chi connectivity index (χ1v) is 7.25. The molecule has 0 saturated heterocycles. The van der Waals surface area contributed by atoms with Gasteiger partial charge in [-0.15, -0.1) is 0 Å². The van der Waals surface area contributed by atoms with Crippen LogP contribution in [0.3, 0.4) is 0 Å². The highest BCUT2D eigenvalue weighted by Gasteiger charge is 2.15. The molecule has 0 radical (unpaired) electrons. The molecule has 0 bridgehead atoms. The van der Waals surface area contributed by atoms with Crippen LogP contribution >= 0.6 is 11.8 Å². The molecule has 0 saturated carbocycles. The summed E-state index contributed by atoms with van der Waals surface area (Å²) in [5.41, 5.74) is 0.948. The fourth-order valence-electron chi connectivity index (χ4n) is 1.94. The number of hydrogen-bond donors (Lipinski definition) is 1. The molecule has 2 aromatic carbocycles. The molecule has 2 rings (SSSR count). The minimum Gasteiger partial charge on any atom is -0.496 e. The van der Waals surface area contributed by atoms with Crippen molar-refractivity contribution >= 4 is 11.8 Å². The van der Waals surface area contributed by atoms with E-state index < -0.39 is 0 Å². The Kier molecular flexibility index (Phi) is 5.04. The summed E-state index contributed by atoms with van der Waals surface area (Å²) < 4.78 is 19.5. The highest BCUT2D eigenvalue weighted by atomic mass is 32.2. The second-order valence-electron chi connectivity index (χ2n) is 4.42. The van der Waals surface area contributed by atoms with Crippen molar-refractivity contribution in [3.05, 3.63) is 53.8 Å². The molecule has 0 aliphatic heterocycles. The second kappa shape index (κ2) is 6.77. The van der Waals surface area contributed by atoms with Crippen LogP contribution in [-0.2, 0) is 0 Å². The molecule has 2 nitrogen and oxygen atoms in total. The number of methoxy groups -OCH3 is 1. The third-order valence-electron chi connectivity index (χ3n) is 3.18. The lowest BCUT2D eigenvalue weighted by Crippen LogP contribution is -2.13. The molecule has 1 atom stereocenters. The van der Waals surface area contributed by atoms with E-state index in [1.807, 2.05) is 44.3 Å². The lowest BCUT2D eigenvalue weighted by atomic mass is 10.1. The van der Waals surface area contributed by atoms with E-state index >= 15 is 0 Å². The summed E-state index contributed by atoms with van der Waals surface area (Å²) in [5, 5.41) is 3.15. The molecule has 0 aromatic heterocycles. The predicted octanol–water partition coefficient (Wildman–Crippen LogP) is 4.27.